The predicted octanol–water partition coefficient (Wildman–Crippen LogP) is 3.45. The minimum absolute atomic E-state index is 0.0874. The van der Waals surface area contributed by atoms with Gasteiger partial charge in [-0.1, -0.05) is 19.1 Å². The first-order chi connectivity index (χ1) is 14.6. The van der Waals surface area contributed by atoms with Crippen molar-refractivity contribution in [1.29, 1.82) is 0 Å². The Kier molecular flexibility index (Phi) is 6.68. The van der Waals surface area contributed by atoms with Gasteiger partial charge in [0.1, 0.15) is 5.82 Å². The molecule has 8 nitrogen and oxygen atoms in total. The molecule has 0 aliphatic carbocycles. The average Bonchev–Trinajstić information content (AvgIpc) is 2.74. The number of carboxylic acid groups (broad SMARTS) is 1. The highest BCUT2D eigenvalue weighted by Gasteiger charge is 2.28. The van der Waals surface area contributed by atoms with Gasteiger partial charge in [-0.25, -0.2) is 18.2 Å². The van der Waals surface area contributed by atoms with Crippen LogP contribution < -0.4 is 9.62 Å². The molecule has 1 saturated heterocycles. The third-order valence-electron chi connectivity index (χ3n) is 5.50. The van der Waals surface area contributed by atoms with Gasteiger partial charge in [-0.2, -0.15) is 0 Å². The fraction of sp³-hybridized carbons (Fsp3) is 0.429. The molecule has 1 aromatic heterocycles. The number of nitrogens with zero attached hydrogens (tertiary/aromatic N) is 3. The Hall–Kier alpha value is -2.88. The third-order valence-corrected chi connectivity index (χ3v) is 6.88. The Bertz CT molecular complexity index is 1050. The maximum atomic E-state index is 12.8. The van der Waals surface area contributed by atoms with Gasteiger partial charge in [0, 0.05) is 31.6 Å². The van der Waals surface area contributed by atoms with Gasteiger partial charge in [0.05, 0.1) is 23.0 Å². The quantitative estimate of drug-likeness (QED) is 0.699. The molecule has 0 unspecified atom stereocenters. The van der Waals surface area contributed by atoms with Gasteiger partial charge in [0.2, 0.25) is 0 Å². The van der Waals surface area contributed by atoms with Gasteiger partial charge >= 0.3 is 6.09 Å². The van der Waals surface area contributed by atoms with Crippen LogP contribution in [0.15, 0.2) is 41.3 Å². The summed E-state index contributed by atoms with van der Waals surface area (Å²) in [4.78, 5) is 19.2. The molecule has 0 bridgehead atoms. The van der Waals surface area contributed by atoms with E-state index in [4.69, 9.17) is 0 Å². The van der Waals surface area contributed by atoms with Gasteiger partial charge in [0.15, 0.2) is 0 Å². The lowest BCUT2D eigenvalue weighted by Crippen LogP contribution is -2.54. The predicted molar refractivity (Wildman–Crippen MR) is 117 cm³/mol. The van der Waals surface area contributed by atoms with Crippen molar-refractivity contribution < 1.29 is 22.7 Å². The lowest BCUT2D eigenvalue weighted by Gasteiger charge is -2.39. The highest BCUT2D eigenvalue weighted by Crippen LogP contribution is 2.25. The van der Waals surface area contributed by atoms with E-state index in [1.54, 1.807) is 38.1 Å². The smallest absolute Gasteiger partial charge is 0.407 e. The molecule has 0 spiro atoms. The first-order valence-electron chi connectivity index (χ1n) is 10.0. The number of pyridine rings is 1. The Labute approximate surface area is 181 Å². The van der Waals surface area contributed by atoms with E-state index < -0.39 is 22.8 Å². The number of aryl methyl sites for hydroxylation is 1. The molecule has 0 radical (unpaired) electrons. The number of halogens is 1. The summed E-state index contributed by atoms with van der Waals surface area (Å²) in [5, 5.41) is 9.21. The molecule has 2 atom stereocenters. The number of anilines is 2. The molecule has 1 amide bonds. The number of alkyl halides is 1. The molecule has 168 valence electrons. The number of rotatable bonds is 6. The fourth-order valence-corrected chi connectivity index (χ4v) is 4.67. The lowest BCUT2D eigenvalue weighted by molar-refractivity contribution is 0.122. The van der Waals surface area contributed by atoms with Crippen LogP contribution in [0.4, 0.5) is 20.7 Å². The number of sulfonamides is 1. The second-order valence-electron chi connectivity index (χ2n) is 7.80. The molecule has 2 heterocycles. The molecule has 1 fully saturated rings. The molecular weight excluding hydrogens is 423 g/mol. The summed E-state index contributed by atoms with van der Waals surface area (Å²) in [5.74, 6) is 0.380. The number of hydrogen-bond acceptors (Lipinski definition) is 5. The van der Waals surface area contributed by atoms with Crippen molar-refractivity contribution in [2.75, 3.05) is 35.9 Å². The normalized spacial score (nSPS) is 18.0. The molecule has 1 aromatic carbocycles. The first-order valence-corrected chi connectivity index (χ1v) is 11.5. The summed E-state index contributed by atoms with van der Waals surface area (Å²) in [6.07, 6.45) is -0.937. The number of nitrogens with one attached hydrogen (secondary N) is 1. The van der Waals surface area contributed by atoms with Crippen molar-refractivity contribution in [2.24, 2.45) is 0 Å². The molecule has 3 rings (SSSR count). The lowest BCUT2D eigenvalue weighted by atomic mass is 10.0. The minimum Gasteiger partial charge on any atom is -0.465 e. The van der Waals surface area contributed by atoms with Crippen LogP contribution in [0.2, 0.25) is 0 Å². The van der Waals surface area contributed by atoms with Crippen LogP contribution >= 0.6 is 0 Å². The standard InChI is InChI=1S/C21H27FN4O4S/c1-14(12-22)17-4-6-18(7-5-17)31(29,30)24-19-8-9-20(23-16(19)3)25-10-11-26(21(27)28)15(2)13-25/h4-9,14-15,24H,10-13H2,1-3H3,(H,27,28)/t14-,15-/m0/s1. The number of aromatic nitrogens is 1. The molecule has 10 heteroatoms. The number of benzene rings is 1. The summed E-state index contributed by atoms with van der Waals surface area (Å²) in [5.41, 5.74) is 1.61. The van der Waals surface area contributed by atoms with Gasteiger partial charge in [0.25, 0.3) is 10.0 Å². The summed E-state index contributed by atoms with van der Waals surface area (Å²) < 4.78 is 40.9. The summed E-state index contributed by atoms with van der Waals surface area (Å²) in [6, 6.07) is 9.36. The number of amides is 1. The Balaban J connectivity index is 1.74. The van der Waals surface area contributed by atoms with Crippen molar-refractivity contribution in [3.8, 4) is 0 Å². The Morgan fingerprint density at radius 2 is 1.94 bits per heavy atom. The van der Waals surface area contributed by atoms with E-state index >= 15 is 0 Å². The first kappa shape index (κ1) is 22.8. The molecule has 2 N–H and O–H groups in total. The van der Waals surface area contributed by atoms with Crippen molar-refractivity contribution in [3.63, 3.8) is 0 Å². The summed E-state index contributed by atoms with van der Waals surface area (Å²) in [6.45, 7) is 6.18. The molecule has 0 saturated carbocycles. The maximum Gasteiger partial charge on any atom is 0.407 e. The highest BCUT2D eigenvalue weighted by atomic mass is 32.2. The van der Waals surface area contributed by atoms with Gasteiger partial charge in [-0.05, 0) is 43.7 Å². The molecule has 2 aromatic rings. The highest BCUT2D eigenvalue weighted by molar-refractivity contribution is 7.92. The largest absolute Gasteiger partial charge is 0.465 e. The second kappa shape index (κ2) is 9.09. The minimum atomic E-state index is -3.82. The van der Waals surface area contributed by atoms with Crippen LogP contribution in [-0.4, -0.2) is 61.9 Å². The fourth-order valence-electron chi connectivity index (χ4n) is 3.55. The van der Waals surface area contributed by atoms with E-state index in [9.17, 15) is 22.7 Å². The topological polar surface area (TPSA) is 103 Å². The van der Waals surface area contributed by atoms with Gasteiger partial charge < -0.3 is 14.9 Å². The second-order valence-corrected chi connectivity index (χ2v) is 9.49. The molecule has 1 aliphatic heterocycles. The van der Waals surface area contributed by atoms with Crippen molar-refractivity contribution in [1.82, 2.24) is 9.88 Å². The molecular formula is C21H27FN4O4S. The molecule has 1 aliphatic rings. The molecule has 31 heavy (non-hydrogen) atoms. The van der Waals surface area contributed by atoms with Crippen molar-refractivity contribution in [3.05, 3.63) is 47.7 Å². The van der Waals surface area contributed by atoms with Crippen LogP contribution in [0.3, 0.4) is 0 Å². The van der Waals surface area contributed by atoms with E-state index in [1.165, 1.54) is 17.0 Å². The van der Waals surface area contributed by atoms with Crippen LogP contribution in [0.5, 0.6) is 0 Å². The van der Waals surface area contributed by atoms with Crippen LogP contribution in [0.1, 0.15) is 31.0 Å². The van der Waals surface area contributed by atoms with Crippen LogP contribution in [-0.2, 0) is 10.0 Å². The van der Waals surface area contributed by atoms with Crippen LogP contribution in [0.25, 0.3) is 0 Å². The van der Waals surface area contributed by atoms with Crippen LogP contribution in [0, 0.1) is 6.92 Å². The zero-order chi connectivity index (χ0) is 22.8. The zero-order valence-electron chi connectivity index (χ0n) is 17.7. The van der Waals surface area contributed by atoms with E-state index in [2.05, 4.69) is 9.71 Å². The number of hydrogen-bond donors (Lipinski definition) is 2. The van der Waals surface area contributed by atoms with Gasteiger partial charge in [-0.3, -0.25) is 9.11 Å². The SMILES string of the molecule is Cc1nc(N2CCN(C(=O)O)[C@@H](C)C2)ccc1NS(=O)(=O)c1ccc([C@@H](C)CF)cc1. The van der Waals surface area contributed by atoms with E-state index in [1.807, 2.05) is 11.8 Å². The van der Waals surface area contributed by atoms with Crippen molar-refractivity contribution in [2.45, 2.75) is 37.6 Å². The van der Waals surface area contributed by atoms with E-state index in [0.717, 1.165) is 5.56 Å². The van der Waals surface area contributed by atoms with Gasteiger partial charge in [-0.15, -0.1) is 0 Å². The third kappa shape index (κ3) is 5.07. The monoisotopic (exact) mass is 450 g/mol. The summed E-state index contributed by atoms with van der Waals surface area (Å²) >= 11 is 0. The number of piperazine rings is 1. The van der Waals surface area contributed by atoms with E-state index in [-0.39, 0.29) is 16.9 Å². The van der Waals surface area contributed by atoms with Crippen molar-refractivity contribution >= 4 is 27.6 Å². The summed E-state index contributed by atoms with van der Waals surface area (Å²) in [7, 11) is -3.82. The Morgan fingerprint density at radius 1 is 1.26 bits per heavy atom. The average molecular weight is 451 g/mol. The van der Waals surface area contributed by atoms with E-state index in [0.29, 0.717) is 36.8 Å². The zero-order valence-corrected chi connectivity index (χ0v) is 18.6. The number of carbonyl (C=O) groups is 1. The Morgan fingerprint density at radius 3 is 2.48 bits per heavy atom. The maximum absolute atomic E-state index is 12.8.